The molecule has 2 bridgehead atoms. The highest BCUT2D eigenvalue weighted by Crippen LogP contribution is 2.34. The summed E-state index contributed by atoms with van der Waals surface area (Å²) in [7, 11) is 0. The second-order valence-corrected chi connectivity index (χ2v) is 7.19. The minimum Gasteiger partial charge on any atom is -0.445 e. The summed E-state index contributed by atoms with van der Waals surface area (Å²) in [6.45, 7) is 5.07. The Morgan fingerprint density at radius 1 is 1.11 bits per heavy atom. The van der Waals surface area contributed by atoms with Gasteiger partial charge in [-0.3, -0.25) is 4.90 Å². The van der Waals surface area contributed by atoms with E-state index < -0.39 is 0 Å². The molecular weight excluding hydrogens is 342 g/mol. The summed E-state index contributed by atoms with van der Waals surface area (Å²) >= 11 is 0. The number of hydrogen-bond donors (Lipinski definition) is 0. The number of piperidine rings is 1. The van der Waals surface area contributed by atoms with Crippen molar-refractivity contribution in [1.82, 2.24) is 4.90 Å². The molecule has 1 saturated heterocycles. The Labute approximate surface area is 162 Å². The lowest BCUT2D eigenvalue weighted by molar-refractivity contribution is 0.0435. The zero-order valence-electron chi connectivity index (χ0n) is 16.3. The summed E-state index contributed by atoms with van der Waals surface area (Å²) in [5, 5.41) is 0. The average molecular weight is 373 g/mol. The van der Waals surface area contributed by atoms with Crippen molar-refractivity contribution in [3.05, 3.63) is 47.5 Å². The van der Waals surface area contributed by atoms with Gasteiger partial charge in [0, 0.05) is 12.6 Å². The second kappa shape index (κ2) is 10.5. The van der Waals surface area contributed by atoms with Crippen molar-refractivity contribution in [2.24, 2.45) is 0 Å². The van der Waals surface area contributed by atoms with Crippen molar-refractivity contribution in [3.8, 4) is 0 Å². The maximum Gasteiger partial charge on any atom is 0.410 e. The molecule has 2 unspecified atom stereocenters. The largest absolute Gasteiger partial charge is 0.445 e. The monoisotopic (exact) mass is 373 g/mol. The van der Waals surface area contributed by atoms with Gasteiger partial charge in [0.2, 0.25) is 0 Å². The number of carbonyl (C=O) groups is 1. The Morgan fingerprint density at radius 3 is 2.70 bits per heavy atom. The van der Waals surface area contributed by atoms with Crippen LogP contribution >= 0.6 is 0 Å². The normalized spacial score (nSPS) is 21.7. The number of benzene rings is 1. The lowest BCUT2D eigenvalue weighted by Gasteiger charge is -2.44. The summed E-state index contributed by atoms with van der Waals surface area (Å²) in [6.07, 6.45) is 7.21. The lowest BCUT2D eigenvalue weighted by Crippen LogP contribution is -2.51. The topological polar surface area (TPSA) is 48.0 Å². The molecule has 0 aromatic heterocycles. The Kier molecular flexibility index (Phi) is 7.72. The van der Waals surface area contributed by atoms with Gasteiger partial charge in [-0.15, -0.1) is 0 Å². The van der Waals surface area contributed by atoms with E-state index in [1.807, 2.05) is 42.2 Å². The van der Waals surface area contributed by atoms with Crippen LogP contribution in [0.3, 0.4) is 0 Å². The van der Waals surface area contributed by atoms with Crippen molar-refractivity contribution < 1.29 is 19.0 Å². The number of nitrogens with zero attached hydrogens (tertiary/aromatic N) is 1. The van der Waals surface area contributed by atoms with Crippen molar-refractivity contribution in [2.45, 2.75) is 57.7 Å². The van der Waals surface area contributed by atoms with Gasteiger partial charge in [-0.1, -0.05) is 42.0 Å². The number of amides is 1. The van der Waals surface area contributed by atoms with Gasteiger partial charge in [0.05, 0.1) is 25.9 Å². The molecule has 0 N–H and O–H groups in total. The van der Waals surface area contributed by atoms with Crippen molar-refractivity contribution >= 4 is 6.09 Å². The summed E-state index contributed by atoms with van der Waals surface area (Å²) in [5.74, 6) is 0. The summed E-state index contributed by atoms with van der Waals surface area (Å²) in [6, 6.07) is 10.3. The second-order valence-electron chi connectivity index (χ2n) is 7.19. The molecule has 5 heteroatoms. The predicted molar refractivity (Wildman–Crippen MR) is 105 cm³/mol. The van der Waals surface area contributed by atoms with Crippen LogP contribution in [-0.2, 0) is 20.8 Å². The number of rotatable bonds is 9. The van der Waals surface area contributed by atoms with Gasteiger partial charge in [0.15, 0.2) is 0 Å². The van der Waals surface area contributed by atoms with Crippen molar-refractivity contribution in [2.75, 3.05) is 26.4 Å². The third-order valence-corrected chi connectivity index (χ3v) is 5.27. The van der Waals surface area contributed by atoms with E-state index in [0.717, 1.165) is 44.5 Å². The van der Waals surface area contributed by atoms with Crippen LogP contribution in [0, 0.1) is 0 Å². The van der Waals surface area contributed by atoms with Gasteiger partial charge in [0.1, 0.15) is 6.61 Å². The van der Waals surface area contributed by atoms with Crippen LogP contribution in [0.2, 0.25) is 0 Å². The standard InChI is InChI=1S/C22H31NO4/c1-2-25-13-14-26-12-11-19-15-20-9-6-10-21(16-19)23(20)22(24)27-17-18-7-4-3-5-8-18/h3-5,7-8,15,20-21H,2,6,9-14,16-17H2,1H3. The predicted octanol–water partition coefficient (Wildman–Crippen LogP) is 4.32. The molecule has 1 aromatic rings. The van der Waals surface area contributed by atoms with Crippen LogP contribution in [0.25, 0.3) is 0 Å². The fraction of sp³-hybridized carbons (Fsp3) is 0.591. The first-order valence-corrected chi connectivity index (χ1v) is 10.1. The Balaban J connectivity index is 1.49. The molecule has 0 saturated carbocycles. The fourth-order valence-corrected chi connectivity index (χ4v) is 3.95. The highest BCUT2D eigenvalue weighted by atomic mass is 16.6. The molecular formula is C22H31NO4. The van der Waals surface area contributed by atoms with E-state index >= 15 is 0 Å². The molecule has 2 aliphatic rings. The quantitative estimate of drug-likeness (QED) is 0.478. The Hall–Kier alpha value is -1.85. The van der Waals surface area contributed by atoms with E-state index in [4.69, 9.17) is 14.2 Å². The maximum atomic E-state index is 12.7. The number of fused-ring (bicyclic) bond motifs is 2. The molecule has 1 amide bonds. The van der Waals surface area contributed by atoms with Crippen LogP contribution in [-0.4, -0.2) is 49.5 Å². The van der Waals surface area contributed by atoms with Crippen molar-refractivity contribution in [3.63, 3.8) is 0 Å². The molecule has 5 nitrogen and oxygen atoms in total. The van der Waals surface area contributed by atoms with E-state index in [1.165, 1.54) is 12.0 Å². The van der Waals surface area contributed by atoms with Gasteiger partial charge >= 0.3 is 6.09 Å². The lowest BCUT2D eigenvalue weighted by atomic mass is 9.84. The molecule has 27 heavy (non-hydrogen) atoms. The van der Waals surface area contributed by atoms with E-state index in [-0.39, 0.29) is 18.2 Å². The number of carbonyl (C=O) groups excluding carboxylic acids is 1. The van der Waals surface area contributed by atoms with Crippen molar-refractivity contribution in [1.29, 1.82) is 0 Å². The highest BCUT2D eigenvalue weighted by Gasteiger charge is 2.37. The molecule has 148 valence electrons. The van der Waals surface area contributed by atoms with Gasteiger partial charge in [-0.25, -0.2) is 4.79 Å². The molecule has 1 aromatic carbocycles. The number of hydrogen-bond acceptors (Lipinski definition) is 4. The maximum absolute atomic E-state index is 12.7. The molecule has 2 heterocycles. The Bertz CT molecular complexity index is 616. The summed E-state index contributed by atoms with van der Waals surface area (Å²) in [5.41, 5.74) is 2.43. The third kappa shape index (κ3) is 5.81. The minimum absolute atomic E-state index is 0.166. The SMILES string of the molecule is CCOCCOCCC1=CC2CCCC(C1)N2C(=O)OCc1ccccc1. The van der Waals surface area contributed by atoms with E-state index in [9.17, 15) is 4.79 Å². The molecule has 0 aliphatic carbocycles. The van der Waals surface area contributed by atoms with Crippen LogP contribution in [0.1, 0.15) is 44.6 Å². The highest BCUT2D eigenvalue weighted by molar-refractivity contribution is 5.69. The van der Waals surface area contributed by atoms with Gasteiger partial charge in [-0.05, 0) is 44.6 Å². The van der Waals surface area contributed by atoms with Gasteiger partial charge < -0.3 is 14.2 Å². The molecule has 2 atom stereocenters. The van der Waals surface area contributed by atoms with Gasteiger partial charge in [-0.2, -0.15) is 0 Å². The van der Waals surface area contributed by atoms with Crippen LogP contribution in [0.4, 0.5) is 4.79 Å². The molecule has 1 fully saturated rings. The first-order chi connectivity index (χ1) is 13.3. The van der Waals surface area contributed by atoms with E-state index in [0.29, 0.717) is 19.8 Å². The molecule has 3 rings (SSSR count). The van der Waals surface area contributed by atoms with E-state index in [2.05, 4.69) is 6.08 Å². The molecule has 0 spiro atoms. The first-order valence-electron chi connectivity index (χ1n) is 10.1. The summed E-state index contributed by atoms with van der Waals surface area (Å²) in [4.78, 5) is 14.7. The van der Waals surface area contributed by atoms with Crippen LogP contribution in [0.5, 0.6) is 0 Å². The van der Waals surface area contributed by atoms with Crippen LogP contribution < -0.4 is 0 Å². The van der Waals surface area contributed by atoms with Gasteiger partial charge in [0.25, 0.3) is 0 Å². The summed E-state index contributed by atoms with van der Waals surface area (Å²) < 4.78 is 16.5. The number of ether oxygens (including phenoxy) is 3. The average Bonchev–Trinajstić information content (AvgIpc) is 2.69. The smallest absolute Gasteiger partial charge is 0.410 e. The van der Waals surface area contributed by atoms with Crippen LogP contribution in [0.15, 0.2) is 42.0 Å². The fourth-order valence-electron chi connectivity index (χ4n) is 3.95. The minimum atomic E-state index is -0.184. The third-order valence-electron chi connectivity index (χ3n) is 5.27. The first kappa shape index (κ1) is 19.9. The zero-order valence-corrected chi connectivity index (χ0v) is 16.3. The molecule has 0 radical (unpaired) electrons. The zero-order chi connectivity index (χ0) is 18.9. The van der Waals surface area contributed by atoms with E-state index in [1.54, 1.807) is 0 Å². The Morgan fingerprint density at radius 2 is 1.93 bits per heavy atom. The molecule has 2 aliphatic heterocycles.